The van der Waals surface area contributed by atoms with E-state index in [4.69, 9.17) is 33.4 Å². The number of aliphatic hydroxyl groups excluding tert-OH is 1. The van der Waals surface area contributed by atoms with Gasteiger partial charge in [0.2, 0.25) is 0 Å². The third-order valence-electron chi connectivity index (χ3n) is 1.19. The van der Waals surface area contributed by atoms with Gasteiger partial charge in [-0.25, -0.2) is 0 Å². The monoisotopic (exact) mass is 198 g/mol. The van der Waals surface area contributed by atoms with E-state index in [1.807, 2.05) is 0 Å². The van der Waals surface area contributed by atoms with Gasteiger partial charge in [-0.15, -0.1) is 23.2 Å². The van der Waals surface area contributed by atoms with Crippen molar-refractivity contribution in [2.24, 2.45) is 0 Å². The van der Waals surface area contributed by atoms with Crippen molar-refractivity contribution in [3.8, 4) is 0 Å². The normalized spacial score (nSPS) is 12.5. The number of alkyl halides is 2. The smallest absolute Gasteiger partial charge is 0.271 e. The van der Waals surface area contributed by atoms with E-state index >= 15 is 0 Å². The van der Waals surface area contributed by atoms with Gasteiger partial charge in [0.25, 0.3) is 5.95 Å². The highest BCUT2D eigenvalue weighted by Crippen LogP contribution is 2.10. The highest BCUT2D eigenvalue weighted by atomic mass is 35.5. The van der Waals surface area contributed by atoms with Gasteiger partial charge in [-0.3, -0.25) is 0 Å². The first-order chi connectivity index (χ1) is 5.16. The van der Waals surface area contributed by atoms with E-state index in [9.17, 15) is 0 Å². The van der Waals surface area contributed by atoms with Crippen LogP contribution in [-0.4, -0.2) is 21.5 Å². The summed E-state index contributed by atoms with van der Waals surface area (Å²) in [5.41, 5.74) is 0. The van der Waals surface area contributed by atoms with Gasteiger partial charge in [0.05, 0.1) is 5.38 Å². The van der Waals surface area contributed by atoms with Crippen molar-refractivity contribution in [2.75, 3.05) is 5.88 Å². The van der Waals surface area contributed by atoms with E-state index in [-0.39, 0.29) is 5.38 Å². The molecule has 0 amide bonds. The maximum Gasteiger partial charge on any atom is 0.271 e. The molecule has 0 bridgehead atoms. The second-order valence-corrected chi connectivity index (χ2v) is 3.16. The van der Waals surface area contributed by atoms with Crippen LogP contribution in [0.15, 0.2) is 12.0 Å². The Labute approximate surface area is 76.4 Å². The van der Waals surface area contributed by atoms with E-state index < -0.39 is 5.95 Å². The van der Waals surface area contributed by atoms with Crippen molar-refractivity contribution >= 4 is 23.2 Å². The van der Waals surface area contributed by atoms with E-state index in [0.717, 1.165) is 19.3 Å². The SMILES string of the molecule is OC(O)=CC(Cl)CCCCCl. The highest BCUT2D eigenvalue weighted by Gasteiger charge is 2.01. The lowest BCUT2D eigenvalue weighted by molar-refractivity contribution is 0.189. The molecule has 0 fully saturated rings. The van der Waals surface area contributed by atoms with Crippen molar-refractivity contribution in [1.82, 2.24) is 0 Å². The van der Waals surface area contributed by atoms with Crippen molar-refractivity contribution in [1.29, 1.82) is 0 Å². The van der Waals surface area contributed by atoms with Gasteiger partial charge >= 0.3 is 0 Å². The minimum Gasteiger partial charge on any atom is -0.481 e. The third kappa shape index (κ3) is 7.82. The van der Waals surface area contributed by atoms with Gasteiger partial charge in [0.15, 0.2) is 0 Å². The van der Waals surface area contributed by atoms with Crippen LogP contribution < -0.4 is 0 Å². The maximum atomic E-state index is 8.39. The number of unbranched alkanes of at least 4 members (excludes halogenated alkanes) is 1. The Morgan fingerprint density at radius 2 is 2.00 bits per heavy atom. The Bertz CT molecular complexity index is 122. The molecule has 0 aromatic heterocycles. The molecule has 0 heterocycles. The summed E-state index contributed by atoms with van der Waals surface area (Å²) in [4.78, 5) is 0. The Hall–Kier alpha value is -0.0800. The molecule has 2 nitrogen and oxygen atoms in total. The van der Waals surface area contributed by atoms with Crippen molar-refractivity contribution in [3.63, 3.8) is 0 Å². The van der Waals surface area contributed by atoms with E-state index in [1.54, 1.807) is 0 Å². The van der Waals surface area contributed by atoms with E-state index in [2.05, 4.69) is 0 Å². The van der Waals surface area contributed by atoms with Gasteiger partial charge in [-0.2, -0.15) is 0 Å². The maximum absolute atomic E-state index is 8.39. The van der Waals surface area contributed by atoms with Gasteiger partial charge in [-0.05, 0) is 12.8 Å². The molecule has 0 aromatic carbocycles. The van der Waals surface area contributed by atoms with Crippen LogP contribution in [-0.2, 0) is 0 Å². The quantitative estimate of drug-likeness (QED) is 0.406. The summed E-state index contributed by atoms with van der Waals surface area (Å²) in [5, 5.41) is 16.5. The summed E-state index contributed by atoms with van der Waals surface area (Å²) in [5.74, 6) is -0.0887. The van der Waals surface area contributed by atoms with Crippen LogP contribution in [0, 0.1) is 0 Å². The average Bonchev–Trinajstić information content (AvgIpc) is 1.86. The van der Waals surface area contributed by atoms with Gasteiger partial charge in [0.1, 0.15) is 0 Å². The van der Waals surface area contributed by atoms with Gasteiger partial charge in [-0.1, -0.05) is 6.42 Å². The number of hydrogen-bond acceptors (Lipinski definition) is 2. The lowest BCUT2D eigenvalue weighted by atomic mass is 10.2. The predicted octanol–water partition coefficient (Wildman–Crippen LogP) is 2.96. The first kappa shape index (κ1) is 10.9. The van der Waals surface area contributed by atoms with Crippen LogP contribution in [0.1, 0.15) is 19.3 Å². The summed E-state index contributed by atoms with van der Waals surface area (Å²) in [6.07, 6.45) is 3.74. The molecule has 2 N–H and O–H groups in total. The predicted molar refractivity (Wildman–Crippen MR) is 47.6 cm³/mol. The minimum absolute atomic E-state index is 0.303. The van der Waals surface area contributed by atoms with Crippen molar-refractivity contribution in [2.45, 2.75) is 24.6 Å². The van der Waals surface area contributed by atoms with Gasteiger partial charge in [0, 0.05) is 12.0 Å². The first-order valence-corrected chi connectivity index (χ1v) is 4.43. The van der Waals surface area contributed by atoms with Crippen LogP contribution in [0.5, 0.6) is 0 Å². The lowest BCUT2D eigenvalue weighted by Gasteiger charge is -2.01. The zero-order valence-corrected chi connectivity index (χ0v) is 7.65. The largest absolute Gasteiger partial charge is 0.481 e. The van der Waals surface area contributed by atoms with Crippen LogP contribution in [0.4, 0.5) is 0 Å². The van der Waals surface area contributed by atoms with Crippen LogP contribution in [0.2, 0.25) is 0 Å². The van der Waals surface area contributed by atoms with Crippen molar-refractivity contribution < 1.29 is 10.2 Å². The fraction of sp³-hybridized carbons (Fsp3) is 0.714. The number of halogens is 2. The molecule has 0 radical (unpaired) electrons. The molecule has 0 aliphatic heterocycles. The van der Waals surface area contributed by atoms with Crippen molar-refractivity contribution in [3.05, 3.63) is 12.0 Å². The molecule has 11 heavy (non-hydrogen) atoms. The second-order valence-electron chi connectivity index (χ2n) is 2.23. The topological polar surface area (TPSA) is 40.5 Å². The van der Waals surface area contributed by atoms with E-state index in [0.29, 0.717) is 5.88 Å². The summed E-state index contributed by atoms with van der Waals surface area (Å²) >= 11 is 11.1. The Morgan fingerprint density at radius 1 is 1.36 bits per heavy atom. The molecule has 1 unspecified atom stereocenters. The Morgan fingerprint density at radius 3 is 2.45 bits per heavy atom. The zero-order chi connectivity index (χ0) is 8.69. The molecular weight excluding hydrogens is 187 g/mol. The fourth-order valence-electron chi connectivity index (χ4n) is 0.679. The molecule has 0 rings (SSSR count). The molecule has 0 aromatic rings. The minimum atomic E-state index is -0.712. The molecule has 66 valence electrons. The van der Waals surface area contributed by atoms with Gasteiger partial charge < -0.3 is 10.2 Å². The number of allylic oxidation sites excluding steroid dienone is 1. The first-order valence-electron chi connectivity index (χ1n) is 3.46. The number of rotatable bonds is 5. The average molecular weight is 199 g/mol. The van der Waals surface area contributed by atoms with Crippen LogP contribution >= 0.6 is 23.2 Å². The summed E-state index contributed by atoms with van der Waals surface area (Å²) < 4.78 is 0. The molecule has 0 aliphatic rings. The lowest BCUT2D eigenvalue weighted by Crippen LogP contribution is -1.95. The second kappa shape index (κ2) is 6.62. The molecule has 1 atom stereocenters. The summed E-state index contributed by atoms with van der Waals surface area (Å²) in [6.45, 7) is 0. The standard InChI is InChI=1S/C7H12Cl2O2/c8-4-2-1-3-6(9)5-7(10)11/h5-6,10-11H,1-4H2. The molecule has 4 heteroatoms. The van der Waals surface area contributed by atoms with Crippen LogP contribution in [0.3, 0.4) is 0 Å². The fourth-order valence-corrected chi connectivity index (χ4v) is 1.13. The molecule has 0 saturated heterocycles. The molecule has 0 aliphatic carbocycles. The molecule has 0 spiro atoms. The number of hydrogen-bond donors (Lipinski definition) is 2. The Balaban J connectivity index is 3.37. The highest BCUT2D eigenvalue weighted by molar-refractivity contribution is 6.21. The molecule has 0 saturated carbocycles. The summed E-state index contributed by atoms with van der Waals surface area (Å²) in [7, 11) is 0. The zero-order valence-electron chi connectivity index (χ0n) is 6.13. The molecular formula is C7H12Cl2O2. The Kier molecular flexibility index (Phi) is 6.57. The number of aliphatic hydroxyl groups is 2. The van der Waals surface area contributed by atoms with Crippen LogP contribution in [0.25, 0.3) is 0 Å². The third-order valence-corrected chi connectivity index (χ3v) is 1.80. The summed E-state index contributed by atoms with van der Waals surface area (Å²) in [6, 6.07) is 0. The van der Waals surface area contributed by atoms with E-state index in [1.165, 1.54) is 6.08 Å².